The van der Waals surface area contributed by atoms with Gasteiger partial charge in [0.15, 0.2) is 18.5 Å². The van der Waals surface area contributed by atoms with E-state index in [4.69, 9.17) is 18.9 Å². The number of hydrogen-bond acceptors (Lipinski definition) is 13. The summed E-state index contributed by atoms with van der Waals surface area (Å²) in [5.74, 6) is -5.39. The lowest BCUT2D eigenvalue weighted by Crippen LogP contribution is -2.61. The number of amides is 1. The summed E-state index contributed by atoms with van der Waals surface area (Å²) in [6, 6.07) is 15.6. The van der Waals surface area contributed by atoms with Crippen LogP contribution in [-0.2, 0) is 28.6 Å². The third kappa shape index (κ3) is 7.79. The van der Waals surface area contributed by atoms with E-state index in [0.29, 0.717) is 16.8 Å². The van der Waals surface area contributed by atoms with Gasteiger partial charge in [-0.05, 0) is 72.5 Å². The molecule has 3 aliphatic rings. The number of halogens is 2. The van der Waals surface area contributed by atoms with Crippen LogP contribution in [0.5, 0.6) is 5.75 Å². The average molecular weight is 762 g/mol. The number of aliphatic carboxylic acids is 2. The first-order chi connectivity index (χ1) is 25.7. The van der Waals surface area contributed by atoms with Crippen LogP contribution in [0.25, 0.3) is 0 Å². The van der Waals surface area contributed by atoms with E-state index in [2.05, 4.69) is 0 Å². The number of carboxylic acid groups (broad SMARTS) is 2. The SMILES string of the molecule is O=C(O)C1OC(Oc2ccc(C3C(CC[C@H](OC4O[C@H](C(=O)O)[C@@H](O)[C@H](O)[C@H]4O)c4ccc(F)cc4)C(=O)N3c3ccc(F)cc3)cc2)C(O)C(O)C1O. The van der Waals surface area contributed by atoms with E-state index in [-0.39, 0.29) is 24.5 Å². The van der Waals surface area contributed by atoms with Crippen molar-refractivity contribution < 1.29 is 83.0 Å². The van der Waals surface area contributed by atoms with E-state index >= 15 is 0 Å². The van der Waals surface area contributed by atoms with E-state index in [1.807, 2.05) is 0 Å². The molecule has 1 amide bonds. The number of nitrogens with zero attached hydrogens (tertiary/aromatic N) is 1. The van der Waals surface area contributed by atoms with Crippen LogP contribution in [0.15, 0.2) is 72.8 Å². The van der Waals surface area contributed by atoms with Gasteiger partial charge >= 0.3 is 11.9 Å². The van der Waals surface area contributed by atoms with E-state index in [0.717, 1.165) is 12.1 Å². The van der Waals surface area contributed by atoms with Crippen molar-refractivity contribution in [1.29, 1.82) is 0 Å². The van der Waals surface area contributed by atoms with Gasteiger partial charge in [-0.25, -0.2) is 18.4 Å². The minimum atomic E-state index is -1.97. The highest BCUT2D eigenvalue weighted by Crippen LogP contribution is 2.47. The molecular formula is C36H37F2NO15. The summed E-state index contributed by atoms with van der Waals surface area (Å²) < 4.78 is 49.8. The summed E-state index contributed by atoms with van der Waals surface area (Å²) in [6.45, 7) is 0. The van der Waals surface area contributed by atoms with Crippen molar-refractivity contribution in [3.05, 3.63) is 95.6 Å². The molecule has 18 heteroatoms. The fourth-order valence-electron chi connectivity index (χ4n) is 6.78. The van der Waals surface area contributed by atoms with Crippen LogP contribution >= 0.6 is 0 Å². The Labute approximate surface area is 304 Å². The second-order valence-electron chi connectivity index (χ2n) is 13.1. The highest BCUT2D eigenvalue weighted by atomic mass is 19.1. The fourth-order valence-corrected chi connectivity index (χ4v) is 6.78. The summed E-state index contributed by atoms with van der Waals surface area (Å²) in [6.07, 6.45) is -19.6. The Hall–Kier alpha value is -4.63. The zero-order chi connectivity index (χ0) is 39.0. The van der Waals surface area contributed by atoms with Gasteiger partial charge in [-0.15, -0.1) is 0 Å². The molecule has 0 bridgehead atoms. The maximum Gasteiger partial charge on any atom is 0.335 e. The van der Waals surface area contributed by atoms with Crippen LogP contribution < -0.4 is 9.64 Å². The van der Waals surface area contributed by atoms with E-state index in [9.17, 15) is 64.0 Å². The molecule has 3 fully saturated rings. The first kappa shape index (κ1) is 39.1. The van der Waals surface area contributed by atoms with Gasteiger partial charge in [0.1, 0.15) is 54.0 Å². The normalized spacial score (nSPS) is 33.1. The molecule has 8 N–H and O–H groups in total. The monoisotopic (exact) mass is 761 g/mol. The second-order valence-corrected chi connectivity index (χ2v) is 13.1. The van der Waals surface area contributed by atoms with Crippen molar-refractivity contribution in [3.8, 4) is 5.75 Å². The minimum Gasteiger partial charge on any atom is -0.479 e. The molecule has 6 rings (SSSR count). The maximum atomic E-state index is 13.9. The van der Waals surface area contributed by atoms with Crippen LogP contribution in [0.2, 0.25) is 0 Å². The third-order valence-corrected chi connectivity index (χ3v) is 9.70. The summed E-state index contributed by atoms with van der Waals surface area (Å²) in [7, 11) is 0. The maximum absolute atomic E-state index is 13.9. The van der Waals surface area contributed by atoms with Gasteiger partial charge in [-0.3, -0.25) is 4.79 Å². The van der Waals surface area contributed by atoms with E-state index in [1.54, 1.807) is 12.1 Å². The summed E-state index contributed by atoms with van der Waals surface area (Å²) in [5, 5.41) is 80.4. The highest BCUT2D eigenvalue weighted by molar-refractivity contribution is 6.03. The topological polar surface area (TPSA) is 253 Å². The molecular weight excluding hydrogens is 724 g/mol. The molecule has 16 nitrogen and oxygen atoms in total. The number of carbonyl (C=O) groups is 3. The van der Waals surface area contributed by atoms with Crippen molar-refractivity contribution in [3.63, 3.8) is 0 Å². The zero-order valence-corrected chi connectivity index (χ0v) is 28.0. The quantitative estimate of drug-likeness (QED) is 0.116. The summed E-state index contributed by atoms with van der Waals surface area (Å²) in [4.78, 5) is 38.4. The summed E-state index contributed by atoms with van der Waals surface area (Å²) in [5.41, 5.74) is 1.27. The van der Waals surface area contributed by atoms with Crippen LogP contribution in [-0.4, -0.2) is 120 Å². The Morgan fingerprint density at radius 2 is 1.19 bits per heavy atom. The average Bonchev–Trinajstić information content (AvgIpc) is 3.14. The number of aliphatic hydroxyl groups excluding tert-OH is 6. The molecule has 0 aromatic heterocycles. The first-order valence-electron chi connectivity index (χ1n) is 16.8. The van der Waals surface area contributed by atoms with Crippen LogP contribution in [0.3, 0.4) is 0 Å². The lowest BCUT2D eigenvalue weighted by Gasteiger charge is -2.48. The molecule has 0 radical (unpaired) electrons. The lowest BCUT2D eigenvalue weighted by molar-refractivity contribution is -0.306. The molecule has 0 spiro atoms. The Balaban J connectivity index is 1.24. The lowest BCUT2D eigenvalue weighted by atomic mass is 9.78. The Bertz CT molecular complexity index is 1800. The fraction of sp³-hybridized carbons (Fsp3) is 0.417. The minimum absolute atomic E-state index is 0.00971. The smallest absolute Gasteiger partial charge is 0.335 e. The van der Waals surface area contributed by atoms with Gasteiger partial charge < -0.3 is 64.7 Å². The van der Waals surface area contributed by atoms with E-state index < -0.39 is 103 Å². The molecule has 3 heterocycles. The molecule has 8 unspecified atom stereocenters. The van der Waals surface area contributed by atoms with Gasteiger partial charge in [0.2, 0.25) is 12.2 Å². The van der Waals surface area contributed by atoms with Crippen molar-refractivity contribution in [2.45, 2.75) is 86.4 Å². The molecule has 3 aliphatic heterocycles. The molecule has 3 aromatic carbocycles. The molecule has 0 aliphatic carbocycles. The Morgan fingerprint density at radius 1 is 0.685 bits per heavy atom. The van der Waals surface area contributed by atoms with Gasteiger partial charge in [-0.1, -0.05) is 24.3 Å². The largest absolute Gasteiger partial charge is 0.479 e. The molecule has 3 aromatic rings. The van der Waals surface area contributed by atoms with Gasteiger partial charge in [0.05, 0.1) is 18.1 Å². The van der Waals surface area contributed by atoms with Gasteiger partial charge in [0.25, 0.3) is 0 Å². The van der Waals surface area contributed by atoms with Crippen LogP contribution in [0, 0.1) is 17.6 Å². The number of ether oxygens (including phenoxy) is 4. The van der Waals surface area contributed by atoms with Crippen LogP contribution in [0.4, 0.5) is 14.5 Å². The number of rotatable bonds is 12. The molecule has 54 heavy (non-hydrogen) atoms. The number of carbonyl (C=O) groups excluding carboxylic acids is 1. The number of benzene rings is 3. The number of carboxylic acids is 2. The zero-order valence-electron chi connectivity index (χ0n) is 28.0. The third-order valence-electron chi connectivity index (χ3n) is 9.70. The number of β-lactam (4-membered cyclic amide) rings is 1. The number of anilines is 1. The van der Waals surface area contributed by atoms with Crippen molar-refractivity contribution >= 4 is 23.5 Å². The Kier molecular flexibility index (Phi) is 11.6. The number of aliphatic hydroxyl groups is 6. The predicted molar refractivity (Wildman–Crippen MR) is 175 cm³/mol. The molecule has 3 saturated heterocycles. The van der Waals surface area contributed by atoms with Crippen molar-refractivity contribution in [2.24, 2.45) is 5.92 Å². The van der Waals surface area contributed by atoms with Gasteiger partial charge in [0, 0.05) is 5.69 Å². The standard InChI is InChI=1S/C36H37F2NO15/c37-17-5-1-15(2-6-17)22(52-36-29(45)25(41)27(43)31(54-36)34(49)50)14-13-21-23(39(32(21)46)19-9-7-18(38)8-10-19)16-3-11-20(12-4-16)51-35-28(44)24(40)26(42)30(53-35)33(47)48/h1-12,21-31,35-36,40-45H,13-14H2,(H,47,48)(H,49,50)/t21?,22-,23?,24?,25-,26?,27-,28?,29+,30?,31-,35?,36?/m0/s1. The molecule has 0 saturated carbocycles. The Morgan fingerprint density at radius 3 is 1.72 bits per heavy atom. The number of hydrogen-bond donors (Lipinski definition) is 8. The second kappa shape index (κ2) is 16.0. The van der Waals surface area contributed by atoms with E-state index in [1.165, 1.54) is 53.4 Å². The van der Waals surface area contributed by atoms with Gasteiger partial charge in [-0.2, -0.15) is 0 Å². The summed E-state index contributed by atoms with van der Waals surface area (Å²) >= 11 is 0. The highest BCUT2D eigenvalue weighted by Gasteiger charge is 2.51. The van der Waals surface area contributed by atoms with Crippen molar-refractivity contribution in [2.75, 3.05) is 4.90 Å². The molecule has 290 valence electrons. The van der Waals surface area contributed by atoms with Crippen LogP contribution in [0.1, 0.15) is 36.1 Å². The predicted octanol–water partition coefficient (Wildman–Crippen LogP) is 0.370. The first-order valence-corrected chi connectivity index (χ1v) is 16.8. The van der Waals surface area contributed by atoms with Crippen molar-refractivity contribution in [1.82, 2.24) is 0 Å². The molecule has 13 atom stereocenters.